The first-order valence-electron chi connectivity index (χ1n) is 8.74. The molecule has 0 spiro atoms. The number of pyridine rings is 1. The molecule has 0 radical (unpaired) electrons. The molecule has 0 aliphatic heterocycles. The Hall–Kier alpha value is -3.60. The molecule has 0 atom stereocenters. The molecule has 0 saturated heterocycles. The molecule has 2 heterocycles. The van der Waals surface area contributed by atoms with Crippen molar-refractivity contribution in [3.8, 4) is 5.75 Å². The number of anilines is 2. The first-order chi connectivity index (χ1) is 14.7. The smallest absolute Gasteiger partial charge is 0.416 e. The van der Waals surface area contributed by atoms with Crippen molar-refractivity contribution in [1.82, 2.24) is 9.97 Å². The van der Waals surface area contributed by atoms with E-state index < -0.39 is 21.8 Å². The van der Waals surface area contributed by atoms with Gasteiger partial charge in [-0.25, -0.2) is 12.7 Å². The topological polar surface area (TPSA) is 85.5 Å². The van der Waals surface area contributed by atoms with Crippen LogP contribution in [-0.2, 0) is 16.2 Å². The van der Waals surface area contributed by atoms with Crippen LogP contribution in [0.15, 0.2) is 76.8 Å². The first kappa shape index (κ1) is 20.7. The third kappa shape index (κ3) is 3.79. The number of oxazole rings is 1. The van der Waals surface area contributed by atoms with Crippen molar-refractivity contribution in [3.05, 3.63) is 73.1 Å². The second kappa shape index (κ2) is 7.58. The molecule has 2 aromatic carbocycles. The number of rotatable bonds is 5. The summed E-state index contributed by atoms with van der Waals surface area (Å²) < 4.78 is 77.4. The summed E-state index contributed by atoms with van der Waals surface area (Å²) in [6.45, 7) is 0. The summed E-state index contributed by atoms with van der Waals surface area (Å²) in [7, 11) is -3.17. The molecule has 11 heteroatoms. The monoisotopic (exact) mass is 449 g/mol. The molecular formula is C20H14F3N3O4S. The van der Waals surface area contributed by atoms with Gasteiger partial charge in [-0.2, -0.15) is 18.2 Å². The summed E-state index contributed by atoms with van der Waals surface area (Å²) in [5, 5.41) is 1.34. The predicted molar refractivity (Wildman–Crippen MR) is 106 cm³/mol. The lowest BCUT2D eigenvalue weighted by atomic mass is 10.2. The van der Waals surface area contributed by atoms with Gasteiger partial charge in [0.25, 0.3) is 10.0 Å². The van der Waals surface area contributed by atoms with E-state index >= 15 is 0 Å². The maximum Gasteiger partial charge on any atom is 0.416 e. The molecule has 0 aliphatic carbocycles. The highest BCUT2D eigenvalue weighted by molar-refractivity contribution is 7.93. The zero-order valence-corrected chi connectivity index (χ0v) is 16.7. The number of alkyl halides is 3. The Kier molecular flexibility index (Phi) is 5.05. The SMILES string of the molecule is COc1cc(C(F)(F)F)ccc1N(c1cocn1)S(=O)(=O)c1ccc2cnccc2c1. The second-order valence-electron chi connectivity index (χ2n) is 6.39. The van der Waals surface area contributed by atoms with Crippen molar-refractivity contribution in [1.29, 1.82) is 0 Å². The summed E-state index contributed by atoms with van der Waals surface area (Å²) in [4.78, 5) is 7.77. The quantitative estimate of drug-likeness (QED) is 0.436. The first-order valence-corrected chi connectivity index (χ1v) is 10.2. The molecular weight excluding hydrogens is 435 g/mol. The lowest BCUT2D eigenvalue weighted by molar-refractivity contribution is -0.137. The zero-order chi connectivity index (χ0) is 22.2. The molecule has 31 heavy (non-hydrogen) atoms. The number of hydrogen-bond donors (Lipinski definition) is 0. The van der Waals surface area contributed by atoms with Crippen LogP contribution in [0.3, 0.4) is 0 Å². The number of hydrogen-bond acceptors (Lipinski definition) is 6. The highest BCUT2D eigenvalue weighted by atomic mass is 32.2. The van der Waals surface area contributed by atoms with E-state index in [0.717, 1.165) is 47.7 Å². The predicted octanol–water partition coefficient (Wildman–Crippen LogP) is 4.78. The molecule has 0 saturated carbocycles. The molecule has 4 aromatic rings. The third-order valence-electron chi connectivity index (χ3n) is 4.50. The summed E-state index contributed by atoms with van der Waals surface area (Å²) >= 11 is 0. The van der Waals surface area contributed by atoms with Crippen LogP contribution in [0.2, 0.25) is 0 Å². The van der Waals surface area contributed by atoms with E-state index in [2.05, 4.69) is 9.97 Å². The molecule has 4 rings (SSSR count). The largest absolute Gasteiger partial charge is 0.495 e. The molecule has 0 fully saturated rings. The van der Waals surface area contributed by atoms with Gasteiger partial charge in [0, 0.05) is 17.8 Å². The summed E-state index contributed by atoms with van der Waals surface area (Å²) in [5.41, 5.74) is -1.14. The zero-order valence-electron chi connectivity index (χ0n) is 15.9. The van der Waals surface area contributed by atoms with Crippen LogP contribution in [-0.4, -0.2) is 25.5 Å². The normalized spacial score (nSPS) is 12.1. The van der Waals surface area contributed by atoms with Gasteiger partial charge in [-0.3, -0.25) is 4.98 Å². The number of nitrogens with zero attached hydrogens (tertiary/aromatic N) is 3. The number of ether oxygens (including phenoxy) is 1. The fraction of sp³-hybridized carbons (Fsp3) is 0.100. The lowest BCUT2D eigenvalue weighted by Gasteiger charge is -2.24. The van der Waals surface area contributed by atoms with Gasteiger partial charge < -0.3 is 9.15 Å². The van der Waals surface area contributed by atoms with E-state index in [4.69, 9.17) is 9.15 Å². The van der Waals surface area contributed by atoms with Crippen LogP contribution in [0.25, 0.3) is 10.8 Å². The lowest BCUT2D eigenvalue weighted by Crippen LogP contribution is -2.27. The van der Waals surface area contributed by atoms with Crippen LogP contribution < -0.4 is 9.04 Å². The molecule has 0 unspecified atom stereocenters. The van der Waals surface area contributed by atoms with Gasteiger partial charge in [0.1, 0.15) is 17.7 Å². The number of benzene rings is 2. The van der Waals surface area contributed by atoms with Gasteiger partial charge in [-0.1, -0.05) is 6.07 Å². The van der Waals surface area contributed by atoms with Crippen LogP contribution in [0.1, 0.15) is 5.56 Å². The van der Waals surface area contributed by atoms with Gasteiger partial charge in [-0.15, -0.1) is 0 Å². The van der Waals surface area contributed by atoms with Gasteiger partial charge in [0.2, 0.25) is 0 Å². The van der Waals surface area contributed by atoms with Gasteiger partial charge in [0.15, 0.2) is 12.2 Å². The van der Waals surface area contributed by atoms with E-state index in [1.807, 2.05) is 0 Å². The minimum absolute atomic E-state index is 0.101. The van der Waals surface area contributed by atoms with E-state index in [1.54, 1.807) is 18.3 Å². The van der Waals surface area contributed by atoms with Crippen LogP contribution >= 0.6 is 0 Å². The van der Waals surface area contributed by atoms with E-state index in [0.29, 0.717) is 5.39 Å². The number of methoxy groups -OCH3 is 1. The fourth-order valence-corrected chi connectivity index (χ4v) is 4.50. The van der Waals surface area contributed by atoms with Crippen molar-refractivity contribution in [2.24, 2.45) is 0 Å². The van der Waals surface area contributed by atoms with Gasteiger partial charge >= 0.3 is 6.18 Å². The fourth-order valence-electron chi connectivity index (χ4n) is 3.03. The molecule has 2 aromatic heterocycles. The number of sulfonamides is 1. The van der Waals surface area contributed by atoms with Crippen LogP contribution in [0, 0.1) is 0 Å². The Morgan fingerprint density at radius 3 is 2.55 bits per heavy atom. The average molecular weight is 449 g/mol. The third-order valence-corrected chi connectivity index (χ3v) is 6.22. The standard InChI is InChI=1S/C20H14F3N3O4S/c1-29-18-9-15(20(21,22)23)3-5-17(18)26(19-11-30-12-25-19)31(27,28)16-4-2-14-10-24-7-6-13(14)8-16/h2-12H,1H3. The van der Waals surface area contributed by atoms with Crippen LogP contribution in [0.4, 0.5) is 24.7 Å². The molecule has 0 amide bonds. The molecule has 0 aliphatic rings. The Morgan fingerprint density at radius 2 is 1.87 bits per heavy atom. The minimum Gasteiger partial charge on any atom is -0.495 e. The summed E-state index contributed by atoms with van der Waals surface area (Å²) in [6.07, 6.45) is 0.558. The number of aromatic nitrogens is 2. The average Bonchev–Trinajstić information content (AvgIpc) is 3.27. The van der Waals surface area contributed by atoms with Crippen molar-refractivity contribution in [3.63, 3.8) is 0 Å². The maximum absolute atomic E-state index is 13.6. The van der Waals surface area contributed by atoms with Crippen molar-refractivity contribution >= 4 is 32.3 Å². The maximum atomic E-state index is 13.6. The highest BCUT2D eigenvalue weighted by Crippen LogP contribution is 2.41. The molecule has 0 bridgehead atoms. The molecule has 7 nitrogen and oxygen atoms in total. The van der Waals surface area contributed by atoms with Gasteiger partial charge in [0.05, 0.1) is 17.6 Å². The van der Waals surface area contributed by atoms with Crippen molar-refractivity contribution in [2.45, 2.75) is 11.1 Å². The van der Waals surface area contributed by atoms with Crippen molar-refractivity contribution < 1.29 is 30.7 Å². The van der Waals surface area contributed by atoms with E-state index in [1.165, 1.54) is 18.3 Å². The number of halogens is 3. The molecule has 0 N–H and O–H groups in total. The summed E-state index contributed by atoms with van der Waals surface area (Å²) in [6, 6.07) is 8.56. The Balaban J connectivity index is 1.92. The van der Waals surface area contributed by atoms with Crippen LogP contribution in [0.5, 0.6) is 5.75 Å². The van der Waals surface area contributed by atoms with Gasteiger partial charge in [-0.05, 0) is 41.8 Å². The second-order valence-corrected chi connectivity index (χ2v) is 8.17. The minimum atomic E-state index is -4.63. The van der Waals surface area contributed by atoms with E-state index in [9.17, 15) is 21.6 Å². The Bertz CT molecular complexity index is 1340. The molecule has 160 valence electrons. The highest BCUT2D eigenvalue weighted by Gasteiger charge is 2.35. The van der Waals surface area contributed by atoms with E-state index in [-0.39, 0.29) is 22.2 Å². The Labute approximate surface area is 174 Å². The summed E-state index contributed by atoms with van der Waals surface area (Å²) in [5.74, 6) is -0.445. The number of fused-ring (bicyclic) bond motifs is 1. The Morgan fingerprint density at radius 1 is 1.06 bits per heavy atom. The van der Waals surface area contributed by atoms with Crippen molar-refractivity contribution in [2.75, 3.05) is 11.4 Å².